The van der Waals surface area contributed by atoms with Crippen LogP contribution >= 0.6 is 0 Å². The molecule has 1 heterocycles. The highest BCUT2D eigenvalue weighted by Crippen LogP contribution is 2.53. The zero-order valence-corrected chi connectivity index (χ0v) is 14.0. The van der Waals surface area contributed by atoms with Gasteiger partial charge in [-0.3, -0.25) is 4.79 Å². The van der Waals surface area contributed by atoms with Gasteiger partial charge < -0.3 is 4.90 Å². The molecule has 3 aromatic rings. The molecular weight excluding hydrogens is 332 g/mol. The number of carbonyl (C=O) groups excluding carboxylic acids is 1. The molecule has 0 N–H and O–H groups in total. The number of likely N-dealkylation sites (tertiary alicyclic amines) is 1. The first-order valence-electron chi connectivity index (χ1n) is 8.45. The molecule has 2 atom stereocenters. The molecule has 1 aliphatic rings. The minimum Gasteiger partial charge on any atom is -0.324 e. The summed E-state index contributed by atoms with van der Waals surface area (Å²) in [5.74, 6) is -1.05. The molecule has 0 aliphatic carbocycles. The molecule has 0 radical (unpaired) electrons. The molecule has 3 aromatic carbocycles. The summed E-state index contributed by atoms with van der Waals surface area (Å²) >= 11 is 0. The summed E-state index contributed by atoms with van der Waals surface area (Å²) in [4.78, 5) is 14.3. The van der Waals surface area contributed by atoms with Crippen LogP contribution in [0.5, 0.6) is 0 Å². The van der Waals surface area contributed by atoms with E-state index in [1.54, 1.807) is 0 Å². The second-order valence-electron chi connectivity index (χ2n) is 6.45. The molecule has 1 amide bonds. The van der Waals surface area contributed by atoms with Gasteiger partial charge >= 0.3 is 0 Å². The minimum absolute atomic E-state index is 0.182. The van der Waals surface area contributed by atoms with Gasteiger partial charge in [-0.05, 0) is 23.3 Å². The van der Waals surface area contributed by atoms with E-state index in [1.165, 1.54) is 29.2 Å². The normalized spacial score (nSPS) is 22.2. The number of rotatable bonds is 4. The highest BCUT2D eigenvalue weighted by molar-refractivity contribution is 5.94. The maximum atomic E-state index is 16.0. The van der Waals surface area contributed by atoms with Crippen LogP contribution < -0.4 is 0 Å². The zero-order chi connectivity index (χ0) is 18.1. The van der Waals surface area contributed by atoms with Crippen molar-refractivity contribution >= 4 is 5.91 Å². The van der Waals surface area contributed by atoms with Crippen molar-refractivity contribution in [2.45, 2.75) is 18.3 Å². The van der Waals surface area contributed by atoms with Gasteiger partial charge in [0.2, 0.25) is 5.67 Å². The molecule has 0 unspecified atom stereocenters. The summed E-state index contributed by atoms with van der Waals surface area (Å²) in [7, 11) is 0. The molecule has 0 saturated carbocycles. The monoisotopic (exact) mass is 349 g/mol. The van der Waals surface area contributed by atoms with Crippen molar-refractivity contribution in [1.82, 2.24) is 4.90 Å². The van der Waals surface area contributed by atoms with Gasteiger partial charge in [0.25, 0.3) is 5.91 Å². The Bertz CT molecular complexity index is 912. The Labute approximate surface area is 150 Å². The first-order chi connectivity index (χ1) is 12.6. The van der Waals surface area contributed by atoms with Gasteiger partial charge in [0.05, 0.1) is 0 Å². The van der Waals surface area contributed by atoms with E-state index in [9.17, 15) is 9.18 Å². The van der Waals surface area contributed by atoms with Gasteiger partial charge in [0.1, 0.15) is 11.9 Å². The van der Waals surface area contributed by atoms with Crippen molar-refractivity contribution in [1.29, 1.82) is 0 Å². The first kappa shape index (κ1) is 16.5. The summed E-state index contributed by atoms with van der Waals surface area (Å²) < 4.78 is 29.2. The van der Waals surface area contributed by atoms with Crippen LogP contribution in [0.15, 0.2) is 84.9 Å². The first-order valence-corrected chi connectivity index (χ1v) is 8.45. The molecule has 1 saturated heterocycles. The third-order valence-electron chi connectivity index (χ3n) is 4.84. The van der Waals surface area contributed by atoms with Crippen LogP contribution in [0.4, 0.5) is 8.78 Å². The maximum absolute atomic E-state index is 16.0. The summed E-state index contributed by atoms with van der Waals surface area (Å²) in [6.07, 6.45) is 0. The molecule has 0 bridgehead atoms. The topological polar surface area (TPSA) is 20.3 Å². The summed E-state index contributed by atoms with van der Waals surface area (Å²) in [6, 6.07) is 22.9. The quantitative estimate of drug-likeness (QED) is 0.621. The maximum Gasteiger partial charge on any atom is 0.268 e. The summed E-state index contributed by atoms with van der Waals surface area (Å²) in [6.45, 7) is 0.325. The van der Waals surface area contributed by atoms with Crippen molar-refractivity contribution in [2.24, 2.45) is 0 Å². The molecular formula is C22H17F2NO. The van der Waals surface area contributed by atoms with Crippen LogP contribution in [0.2, 0.25) is 0 Å². The lowest BCUT2D eigenvalue weighted by Gasteiger charge is -2.51. The fraction of sp³-hybridized carbons (Fsp3) is 0.136. The average molecular weight is 349 g/mol. The molecule has 130 valence electrons. The van der Waals surface area contributed by atoms with Crippen molar-refractivity contribution in [3.05, 3.63) is 107 Å². The number of hydrogen-bond donors (Lipinski definition) is 0. The second kappa shape index (κ2) is 6.37. The summed E-state index contributed by atoms with van der Waals surface area (Å²) in [5.41, 5.74) is -0.357. The van der Waals surface area contributed by atoms with E-state index in [4.69, 9.17) is 0 Å². The molecule has 4 rings (SSSR count). The zero-order valence-electron chi connectivity index (χ0n) is 14.0. The van der Waals surface area contributed by atoms with Crippen LogP contribution in [0.1, 0.15) is 22.7 Å². The van der Waals surface area contributed by atoms with Crippen LogP contribution in [-0.4, -0.2) is 10.8 Å². The van der Waals surface area contributed by atoms with Crippen molar-refractivity contribution in [3.8, 4) is 0 Å². The predicted molar refractivity (Wildman–Crippen MR) is 95.4 cm³/mol. The molecule has 2 nitrogen and oxygen atoms in total. The Balaban J connectivity index is 1.74. The Morgan fingerprint density at radius 1 is 0.846 bits per heavy atom. The van der Waals surface area contributed by atoms with E-state index < -0.39 is 23.4 Å². The molecule has 0 spiro atoms. The molecule has 0 aromatic heterocycles. The predicted octanol–water partition coefficient (Wildman–Crippen LogP) is 4.77. The van der Waals surface area contributed by atoms with Crippen molar-refractivity contribution in [2.75, 3.05) is 0 Å². The number of alkyl halides is 1. The fourth-order valence-corrected chi connectivity index (χ4v) is 3.55. The Hall–Kier alpha value is -3.01. The van der Waals surface area contributed by atoms with Crippen LogP contribution in [0.25, 0.3) is 0 Å². The highest BCUT2D eigenvalue weighted by atomic mass is 19.1. The minimum atomic E-state index is -2.19. The van der Waals surface area contributed by atoms with Gasteiger partial charge in [-0.1, -0.05) is 72.8 Å². The van der Waals surface area contributed by atoms with Gasteiger partial charge in [0.15, 0.2) is 0 Å². The second-order valence-corrected chi connectivity index (χ2v) is 6.45. The van der Waals surface area contributed by atoms with Crippen molar-refractivity contribution < 1.29 is 13.6 Å². The lowest BCUT2D eigenvalue weighted by atomic mass is 9.74. The Kier molecular flexibility index (Phi) is 4.03. The van der Waals surface area contributed by atoms with E-state index in [-0.39, 0.29) is 5.56 Å². The highest BCUT2D eigenvalue weighted by Gasteiger charge is 2.63. The summed E-state index contributed by atoms with van der Waals surface area (Å²) in [5, 5.41) is 0. The van der Waals surface area contributed by atoms with E-state index in [1.807, 2.05) is 60.7 Å². The van der Waals surface area contributed by atoms with Gasteiger partial charge in [-0.15, -0.1) is 0 Å². The van der Waals surface area contributed by atoms with Gasteiger partial charge in [-0.2, -0.15) is 0 Å². The number of β-lactam (4-membered cyclic amide) rings is 1. The fourth-order valence-electron chi connectivity index (χ4n) is 3.55. The van der Waals surface area contributed by atoms with Crippen LogP contribution in [0.3, 0.4) is 0 Å². The van der Waals surface area contributed by atoms with E-state index in [0.717, 1.165) is 11.1 Å². The Morgan fingerprint density at radius 2 is 1.42 bits per heavy atom. The lowest BCUT2D eigenvalue weighted by molar-refractivity contribution is -0.181. The molecule has 26 heavy (non-hydrogen) atoms. The third kappa shape index (κ3) is 2.58. The largest absolute Gasteiger partial charge is 0.324 e. The van der Waals surface area contributed by atoms with E-state index in [2.05, 4.69) is 0 Å². The van der Waals surface area contributed by atoms with Gasteiger partial charge in [0, 0.05) is 12.1 Å². The smallest absolute Gasteiger partial charge is 0.268 e. The van der Waals surface area contributed by atoms with Crippen molar-refractivity contribution in [3.63, 3.8) is 0 Å². The van der Waals surface area contributed by atoms with Crippen LogP contribution in [0, 0.1) is 5.82 Å². The molecule has 4 heteroatoms. The van der Waals surface area contributed by atoms with Crippen LogP contribution in [-0.2, 0) is 17.0 Å². The number of carbonyl (C=O) groups is 1. The van der Waals surface area contributed by atoms with Gasteiger partial charge in [-0.25, -0.2) is 8.78 Å². The number of hydrogen-bond acceptors (Lipinski definition) is 1. The van der Waals surface area contributed by atoms with E-state index in [0.29, 0.717) is 6.54 Å². The Morgan fingerprint density at radius 3 is 2.04 bits per heavy atom. The average Bonchev–Trinajstić information content (AvgIpc) is 2.69. The van der Waals surface area contributed by atoms with E-state index >= 15 is 4.39 Å². The molecule has 1 aliphatic heterocycles. The number of amides is 1. The number of nitrogens with zero attached hydrogens (tertiary/aromatic N) is 1. The molecule has 1 fully saturated rings. The lowest BCUT2D eigenvalue weighted by Crippen LogP contribution is -2.63. The standard InChI is InChI=1S/C22H17F2NO/c23-19-13-11-18(12-14-19)22(24)20(17-9-5-2-6-10-17)25(21(22)26)15-16-7-3-1-4-8-16/h1-14,20H,15H2/t20-,22+/m0/s1. The third-order valence-corrected chi connectivity index (χ3v) is 4.84. The number of benzene rings is 3. The SMILES string of the molecule is O=C1N(Cc2ccccc2)[C@@H](c2ccccc2)[C@]1(F)c1ccc(F)cc1. The number of halogens is 2.